The number of aromatic amines is 1. The number of aromatic nitrogens is 3. The Morgan fingerprint density at radius 3 is 2.78 bits per heavy atom. The molecule has 0 aliphatic carbocycles. The summed E-state index contributed by atoms with van der Waals surface area (Å²) < 4.78 is 5.09. The molecule has 5 rings (SSSR count). The van der Waals surface area contributed by atoms with Crippen LogP contribution in [0.4, 0.5) is 0 Å². The fourth-order valence-electron chi connectivity index (χ4n) is 5.02. The van der Waals surface area contributed by atoms with Crippen molar-refractivity contribution in [3.63, 3.8) is 0 Å². The molecule has 0 bridgehead atoms. The van der Waals surface area contributed by atoms with Crippen LogP contribution < -0.4 is 0 Å². The van der Waals surface area contributed by atoms with Crippen molar-refractivity contribution in [2.45, 2.75) is 26.3 Å². The summed E-state index contributed by atoms with van der Waals surface area (Å²) in [6.07, 6.45) is 5.69. The lowest BCUT2D eigenvalue weighted by molar-refractivity contribution is 0.0779. The maximum Gasteiger partial charge on any atom is 0.253 e. The maximum atomic E-state index is 12.8. The van der Waals surface area contributed by atoms with Gasteiger partial charge in [-0.25, -0.2) is 9.97 Å². The Hall–Kier alpha value is -3.55. The van der Waals surface area contributed by atoms with E-state index in [-0.39, 0.29) is 5.91 Å². The molecule has 2 aromatic carbocycles. The summed E-state index contributed by atoms with van der Waals surface area (Å²) in [5, 5.41) is 0. The molecule has 4 aromatic rings. The van der Waals surface area contributed by atoms with Crippen molar-refractivity contribution in [3.05, 3.63) is 71.0 Å². The zero-order valence-corrected chi connectivity index (χ0v) is 21.5. The van der Waals surface area contributed by atoms with E-state index >= 15 is 0 Å². The third kappa shape index (κ3) is 4.76. The first-order valence-corrected chi connectivity index (χ1v) is 12.4. The summed E-state index contributed by atoms with van der Waals surface area (Å²) in [5.74, 6) is 0.00656. The van der Waals surface area contributed by atoms with Crippen molar-refractivity contribution in [3.8, 4) is 22.4 Å². The lowest BCUT2D eigenvalue weighted by Crippen LogP contribution is -2.28. The van der Waals surface area contributed by atoms with E-state index in [4.69, 9.17) is 9.72 Å². The highest BCUT2D eigenvalue weighted by molar-refractivity contribution is 5.96. The van der Waals surface area contributed by atoms with Gasteiger partial charge in [0.25, 0.3) is 5.91 Å². The average molecular weight is 484 g/mol. The summed E-state index contributed by atoms with van der Waals surface area (Å²) in [7, 11) is 5.66. The molecule has 0 radical (unpaired) electrons. The number of rotatable bonds is 7. The Bertz CT molecular complexity index is 1390. The van der Waals surface area contributed by atoms with E-state index in [0.29, 0.717) is 18.7 Å². The zero-order valence-electron chi connectivity index (χ0n) is 21.5. The number of aryl methyl sites for hydroxylation is 1. The van der Waals surface area contributed by atoms with Crippen LogP contribution in [-0.2, 0) is 17.7 Å². The average Bonchev–Trinajstić information content (AvgIpc) is 3.31. The van der Waals surface area contributed by atoms with Crippen LogP contribution >= 0.6 is 0 Å². The lowest BCUT2D eigenvalue weighted by Gasteiger charge is -2.27. The highest BCUT2D eigenvalue weighted by atomic mass is 16.5. The number of ether oxygens (including phenoxy) is 1. The third-order valence-electron chi connectivity index (χ3n) is 7.06. The van der Waals surface area contributed by atoms with E-state index < -0.39 is 0 Å². The van der Waals surface area contributed by atoms with E-state index in [2.05, 4.69) is 41.0 Å². The van der Waals surface area contributed by atoms with Crippen LogP contribution in [-0.4, -0.2) is 71.6 Å². The summed E-state index contributed by atoms with van der Waals surface area (Å²) in [5.41, 5.74) is 10.3. The van der Waals surface area contributed by atoms with Crippen LogP contribution in [0.25, 0.3) is 33.5 Å². The second kappa shape index (κ2) is 10.2. The minimum Gasteiger partial charge on any atom is -0.385 e. The number of nitrogens with one attached hydrogen (secondary N) is 1. The van der Waals surface area contributed by atoms with Gasteiger partial charge in [0.05, 0.1) is 11.9 Å². The van der Waals surface area contributed by atoms with E-state index in [1.54, 1.807) is 12.0 Å². The van der Waals surface area contributed by atoms with Gasteiger partial charge in [-0.15, -0.1) is 0 Å². The predicted molar refractivity (Wildman–Crippen MR) is 143 cm³/mol. The monoisotopic (exact) mass is 483 g/mol. The normalized spacial score (nSPS) is 13.7. The molecule has 0 spiro atoms. The molecule has 2 aromatic heterocycles. The van der Waals surface area contributed by atoms with E-state index in [1.165, 1.54) is 16.7 Å². The molecular weight excluding hydrogens is 450 g/mol. The molecule has 1 aliphatic heterocycles. The van der Waals surface area contributed by atoms with Gasteiger partial charge in [0, 0.05) is 63.3 Å². The van der Waals surface area contributed by atoms with Crippen molar-refractivity contribution >= 4 is 17.1 Å². The molecule has 1 aliphatic rings. The summed E-state index contributed by atoms with van der Waals surface area (Å²) in [6.45, 7) is 5.55. The van der Waals surface area contributed by atoms with Crippen LogP contribution in [0, 0.1) is 6.92 Å². The smallest absolute Gasteiger partial charge is 0.253 e. The van der Waals surface area contributed by atoms with Crippen LogP contribution in [0.3, 0.4) is 0 Å². The van der Waals surface area contributed by atoms with Crippen molar-refractivity contribution in [1.82, 2.24) is 24.8 Å². The van der Waals surface area contributed by atoms with Gasteiger partial charge in [-0.05, 0) is 73.3 Å². The molecule has 0 atom stereocenters. The number of hydrogen-bond donors (Lipinski definition) is 1. The number of carbonyl (C=O) groups excluding carboxylic acids is 1. The summed E-state index contributed by atoms with van der Waals surface area (Å²) in [4.78, 5) is 29.8. The first-order valence-electron chi connectivity index (χ1n) is 12.4. The van der Waals surface area contributed by atoms with E-state index in [0.717, 1.165) is 59.5 Å². The van der Waals surface area contributed by atoms with Crippen molar-refractivity contribution < 1.29 is 9.53 Å². The van der Waals surface area contributed by atoms with Crippen LogP contribution in [0.1, 0.15) is 33.5 Å². The maximum absolute atomic E-state index is 12.8. The van der Waals surface area contributed by atoms with Gasteiger partial charge in [0.1, 0.15) is 5.52 Å². The van der Waals surface area contributed by atoms with E-state index in [9.17, 15) is 4.79 Å². The number of amides is 1. The standard InChI is InChI=1S/C29H33N5O2/c1-19-14-22(15-23-18-33(2)12-10-24(19)23)26-17-31-28-27(32-26)25(16-30-28)20-6-8-21(9-7-20)29(35)34(3)11-5-13-36-4/h6-9,14-17H,5,10-13,18H2,1-4H3,(H,30,31). The first-order chi connectivity index (χ1) is 17.4. The molecule has 1 amide bonds. The van der Waals surface area contributed by atoms with Gasteiger partial charge in [-0.2, -0.15) is 0 Å². The Morgan fingerprint density at radius 2 is 2.00 bits per heavy atom. The molecule has 0 unspecified atom stereocenters. The second-order valence-electron chi connectivity index (χ2n) is 9.72. The Morgan fingerprint density at radius 1 is 1.19 bits per heavy atom. The molecule has 0 saturated carbocycles. The third-order valence-corrected chi connectivity index (χ3v) is 7.06. The number of H-pyrrole nitrogens is 1. The Balaban J connectivity index is 1.43. The highest BCUT2D eigenvalue weighted by Crippen LogP contribution is 2.31. The van der Waals surface area contributed by atoms with Crippen molar-refractivity contribution in [1.29, 1.82) is 0 Å². The van der Waals surface area contributed by atoms with Crippen molar-refractivity contribution in [2.24, 2.45) is 0 Å². The quantitative estimate of drug-likeness (QED) is 0.386. The Labute approximate surface area is 212 Å². The minimum atomic E-state index is 0.00656. The van der Waals surface area contributed by atoms with Gasteiger partial charge >= 0.3 is 0 Å². The van der Waals surface area contributed by atoms with Crippen LogP contribution in [0.2, 0.25) is 0 Å². The number of likely N-dealkylation sites (N-methyl/N-ethyl adjacent to an activating group) is 1. The molecule has 3 heterocycles. The molecule has 7 nitrogen and oxygen atoms in total. The lowest BCUT2D eigenvalue weighted by atomic mass is 9.92. The second-order valence-corrected chi connectivity index (χ2v) is 9.72. The summed E-state index contributed by atoms with van der Waals surface area (Å²) >= 11 is 0. The Kier molecular flexibility index (Phi) is 6.85. The number of carbonyl (C=O) groups is 1. The SMILES string of the molecule is COCCCN(C)C(=O)c1ccc(-c2c[nH]c3ncc(-c4cc(C)c5c(c4)CN(C)CC5)nc23)cc1. The highest BCUT2D eigenvalue weighted by Gasteiger charge is 2.18. The van der Waals surface area contributed by atoms with Crippen molar-refractivity contribution in [2.75, 3.05) is 40.9 Å². The number of methoxy groups -OCH3 is 1. The van der Waals surface area contributed by atoms with Gasteiger partial charge in [0.15, 0.2) is 5.65 Å². The fraction of sp³-hybridized carbons (Fsp3) is 0.345. The molecule has 186 valence electrons. The molecule has 7 heteroatoms. The largest absolute Gasteiger partial charge is 0.385 e. The summed E-state index contributed by atoms with van der Waals surface area (Å²) in [6, 6.07) is 12.2. The first kappa shape index (κ1) is 24.2. The zero-order chi connectivity index (χ0) is 25.2. The fourth-order valence-corrected chi connectivity index (χ4v) is 5.02. The molecular formula is C29H33N5O2. The van der Waals surface area contributed by atoms with Gasteiger partial charge in [-0.1, -0.05) is 12.1 Å². The topological polar surface area (TPSA) is 74.3 Å². The van der Waals surface area contributed by atoms with Gasteiger partial charge in [0.2, 0.25) is 0 Å². The van der Waals surface area contributed by atoms with Gasteiger partial charge in [-0.3, -0.25) is 4.79 Å². The number of nitrogens with zero attached hydrogens (tertiary/aromatic N) is 4. The molecule has 0 fully saturated rings. The van der Waals surface area contributed by atoms with E-state index in [1.807, 2.05) is 43.7 Å². The minimum absolute atomic E-state index is 0.00656. The van der Waals surface area contributed by atoms with Crippen LogP contribution in [0.15, 0.2) is 48.8 Å². The predicted octanol–water partition coefficient (Wildman–Crippen LogP) is 4.70. The van der Waals surface area contributed by atoms with Crippen LogP contribution in [0.5, 0.6) is 0 Å². The molecule has 36 heavy (non-hydrogen) atoms. The molecule has 0 saturated heterocycles. The molecule has 1 N–H and O–H groups in total. The number of fused-ring (bicyclic) bond motifs is 2. The number of benzene rings is 2. The van der Waals surface area contributed by atoms with Gasteiger partial charge < -0.3 is 19.5 Å². The number of hydrogen-bond acceptors (Lipinski definition) is 5.